The Kier molecular flexibility index (Phi) is 8.06. The Morgan fingerprint density at radius 3 is 1.53 bits per heavy atom. The van der Waals surface area contributed by atoms with Gasteiger partial charge in [0, 0.05) is 32.7 Å². The maximum atomic E-state index is 6.81. The van der Waals surface area contributed by atoms with E-state index in [1.54, 1.807) is 0 Å². The molecule has 0 spiro atoms. The molecule has 0 aliphatic carbocycles. The van der Waals surface area contributed by atoms with Crippen LogP contribution < -0.4 is 0 Å². The van der Waals surface area contributed by atoms with Crippen LogP contribution in [0.15, 0.2) is 174 Å². The van der Waals surface area contributed by atoms with Gasteiger partial charge in [-0.1, -0.05) is 150 Å². The highest BCUT2D eigenvalue weighted by Crippen LogP contribution is 2.42. The summed E-state index contributed by atoms with van der Waals surface area (Å²) in [6.45, 7) is 8.67. The molecule has 0 aliphatic rings. The zero-order valence-corrected chi connectivity index (χ0v) is 33.5. The van der Waals surface area contributed by atoms with Crippen molar-refractivity contribution in [2.75, 3.05) is 0 Å². The van der Waals surface area contributed by atoms with Gasteiger partial charge in [-0.25, -0.2) is 4.98 Å². The van der Waals surface area contributed by atoms with E-state index in [1.807, 2.05) is 6.20 Å². The SMILES string of the molecule is Cc1cc(C)cc(-c2ccc3oc4c(-c5cccc(-c6cccc(-c7cnc8c9ccccc9c9ccccc9c8n7)c6)c5)cc(-c5cc(C)cc(C)c5)cc4c3c2)c1. The fourth-order valence-corrected chi connectivity index (χ4v) is 9.21. The number of hydrogen-bond donors (Lipinski definition) is 0. The van der Waals surface area contributed by atoms with E-state index in [0.717, 1.165) is 77.3 Å². The lowest BCUT2D eigenvalue weighted by Gasteiger charge is -2.12. The number of furan rings is 1. The molecule has 0 saturated heterocycles. The van der Waals surface area contributed by atoms with Crippen LogP contribution in [0.3, 0.4) is 0 Å². The Hall–Kier alpha value is -7.36. The van der Waals surface area contributed by atoms with Crippen molar-refractivity contribution in [2.45, 2.75) is 27.7 Å². The number of aryl methyl sites for hydroxylation is 4. The standard InChI is InChI=1S/C56H40N2O/c1-33-21-34(2)24-42(23-33)39-19-20-53-50(29-39)51-31-44(43-25-35(3)22-36(4)26-43)30-49(56(51)59-53)40-13-9-11-37(27-40)38-12-10-14-41(28-38)52-32-57-54-47-17-7-5-15-45(47)46-16-6-8-18-48(46)55(54)58-52/h5-32H,1-4H3. The zero-order valence-electron chi connectivity index (χ0n) is 33.5. The Balaban J connectivity index is 1.05. The van der Waals surface area contributed by atoms with Crippen LogP contribution in [0.1, 0.15) is 22.3 Å². The Morgan fingerprint density at radius 1 is 0.356 bits per heavy atom. The van der Waals surface area contributed by atoms with Gasteiger partial charge in [0.25, 0.3) is 0 Å². The first-order valence-corrected chi connectivity index (χ1v) is 20.3. The minimum absolute atomic E-state index is 0.848. The third-order valence-electron chi connectivity index (χ3n) is 11.8. The summed E-state index contributed by atoms with van der Waals surface area (Å²) in [4.78, 5) is 10.3. The molecule has 3 nitrogen and oxygen atoms in total. The van der Waals surface area contributed by atoms with E-state index in [-0.39, 0.29) is 0 Å². The van der Waals surface area contributed by atoms with Crippen molar-refractivity contribution in [1.82, 2.24) is 9.97 Å². The lowest BCUT2D eigenvalue weighted by Crippen LogP contribution is -1.92. The van der Waals surface area contributed by atoms with Crippen molar-refractivity contribution in [3.63, 3.8) is 0 Å². The molecule has 0 amide bonds. The molecule has 3 heteroatoms. The van der Waals surface area contributed by atoms with E-state index in [4.69, 9.17) is 14.4 Å². The predicted octanol–water partition coefficient (Wildman–Crippen LogP) is 15.4. The van der Waals surface area contributed by atoms with Gasteiger partial charge in [-0.05, 0) is 114 Å². The van der Waals surface area contributed by atoms with E-state index < -0.39 is 0 Å². The summed E-state index contributed by atoms with van der Waals surface area (Å²) in [7, 11) is 0. The number of hydrogen-bond acceptors (Lipinski definition) is 3. The van der Waals surface area contributed by atoms with Crippen LogP contribution in [0.25, 0.3) is 110 Å². The van der Waals surface area contributed by atoms with Gasteiger partial charge < -0.3 is 4.42 Å². The number of fused-ring (bicyclic) bond motifs is 9. The van der Waals surface area contributed by atoms with Gasteiger partial charge in [0.2, 0.25) is 0 Å². The molecule has 0 radical (unpaired) electrons. The molecule has 2 heterocycles. The lowest BCUT2D eigenvalue weighted by atomic mass is 9.92. The molecule has 11 rings (SSSR count). The van der Waals surface area contributed by atoms with E-state index in [0.29, 0.717) is 0 Å². The summed E-state index contributed by atoms with van der Waals surface area (Å²) in [5.41, 5.74) is 19.7. The van der Waals surface area contributed by atoms with Crippen LogP contribution in [0.2, 0.25) is 0 Å². The van der Waals surface area contributed by atoms with Gasteiger partial charge in [0.1, 0.15) is 11.2 Å². The van der Waals surface area contributed by atoms with Gasteiger partial charge in [-0.3, -0.25) is 4.98 Å². The second-order valence-electron chi connectivity index (χ2n) is 16.2. The van der Waals surface area contributed by atoms with Crippen molar-refractivity contribution in [2.24, 2.45) is 0 Å². The fraction of sp³-hybridized carbons (Fsp3) is 0.0714. The molecule has 0 atom stereocenters. The highest BCUT2D eigenvalue weighted by molar-refractivity contribution is 6.23. The number of nitrogens with zero attached hydrogens (tertiary/aromatic N) is 2. The van der Waals surface area contributed by atoms with Crippen LogP contribution in [0, 0.1) is 27.7 Å². The average molecular weight is 757 g/mol. The molecule has 59 heavy (non-hydrogen) atoms. The molecule has 0 saturated carbocycles. The van der Waals surface area contributed by atoms with Gasteiger partial charge in [-0.2, -0.15) is 0 Å². The maximum Gasteiger partial charge on any atom is 0.143 e. The van der Waals surface area contributed by atoms with E-state index >= 15 is 0 Å². The van der Waals surface area contributed by atoms with E-state index in [9.17, 15) is 0 Å². The summed E-state index contributed by atoms with van der Waals surface area (Å²) in [5, 5.41) is 6.84. The summed E-state index contributed by atoms with van der Waals surface area (Å²) < 4.78 is 6.81. The average Bonchev–Trinajstić information content (AvgIpc) is 3.63. The fourth-order valence-electron chi connectivity index (χ4n) is 9.21. The Labute approximate surface area is 343 Å². The Bertz CT molecular complexity index is 3420. The molecule has 0 unspecified atom stereocenters. The molecule has 11 aromatic rings. The van der Waals surface area contributed by atoms with Gasteiger partial charge in [-0.15, -0.1) is 0 Å². The lowest BCUT2D eigenvalue weighted by molar-refractivity contribution is 0.670. The summed E-state index contributed by atoms with van der Waals surface area (Å²) in [6.07, 6.45) is 1.92. The summed E-state index contributed by atoms with van der Waals surface area (Å²) >= 11 is 0. The third kappa shape index (κ3) is 6.06. The highest BCUT2D eigenvalue weighted by atomic mass is 16.3. The van der Waals surface area contributed by atoms with Crippen LogP contribution in [-0.2, 0) is 0 Å². The Morgan fingerprint density at radius 2 is 0.864 bits per heavy atom. The van der Waals surface area contributed by atoms with Crippen LogP contribution in [0.4, 0.5) is 0 Å². The number of rotatable bonds is 5. The first-order valence-electron chi connectivity index (χ1n) is 20.3. The molecular weight excluding hydrogens is 717 g/mol. The minimum Gasteiger partial charge on any atom is -0.455 e. The van der Waals surface area contributed by atoms with Crippen molar-refractivity contribution < 1.29 is 4.42 Å². The van der Waals surface area contributed by atoms with Crippen molar-refractivity contribution in [3.8, 4) is 55.8 Å². The predicted molar refractivity (Wildman–Crippen MR) is 248 cm³/mol. The molecule has 0 fully saturated rings. The minimum atomic E-state index is 0.848. The van der Waals surface area contributed by atoms with Gasteiger partial charge in [0.15, 0.2) is 0 Å². The highest BCUT2D eigenvalue weighted by Gasteiger charge is 2.18. The number of benzene rings is 9. The third-order valence-corrected chi connectivity index (χ3v) is 11.8. The summed E-state index contributed by atoms with van der Waals surface area (Å²) in [5.74, 6) is 0. The normalized spacial score (nSPS) is 11.7. The number of aromatic nitrogens is 2. The largest absolute Gasteiger partial charge is 0.455 e. The van der Waals surface area contributed by atoms with Crippen molar-refractivity contribution in [1.29, 1.82) is 0 Å². The molecule has 0 N–H and O–H groups in total. The topological polar surface area (TPSA) is 38.9 Å². The van der Waals surface area contributed by atoms with E-state index in [2.05, 4.69) is 191 Å². The maximum absolute atomic E-state index is 6.81. The van der Waals surface area contributed by atoms with Crippen LogP contribution >= 0.6 is 0 Å². The van der Waals surface area contributed by atoms with Crippen molar-refractivity contribution >= 4 is 54.5 Å². The van der Waals surface area contributed by atoms with E-state index in [1.165, 1.54) is 55.3 Å². The van der Waals surface area contributed by atoms with Crippen LogP contribution in [0.5, 0.6) is 0 Å². The monoisotopic (exact) mass is 756 g/mol. The second kappa shape index (κ2) is 13.6. The molecule has 0 aliphatic heterocycles. The quantitative estimate of drug-likeness (QED) is 0.164. The first-order chi connectivity index (χ1) is 28.8. The molecule has 9 aromatic carbocycles. The zero-order chi connectivity index (χ0) is 39.8. The molecular formula is C56H40N2O. The molecule has 280 valence electrons. The summed E-state index contributed by atoms with van der Waals surface area (Å²) in [6, 6.07) is 59.3. The first kappa shape index (κ1) is 34.9. The molecule has 0 bridgehead atoms. The smallest absolute Gasteiger partial charge is 0.143 e. The van der Waals surface area contributed by atoms with Crippen LogP contribution in [-0.4, -0.2) is 9.97 Å². The second-order valence-corrected chi connectivity index (χ2v) is 16.2. The van der Waals surface area contributed by atoms with Gasteiger partial charge in [0.05, 0.1) is 22.9 Å². The molecule has 2 aromatic heterocycles. The van der Waals surface area contributed by atoms with Gasteiger partial charge >= 0.3 is 0 Å². The van der Waals surface area contributed by atoms with Crippen molar-refractivity contribution in [3.05, 3.63) is 192 Å².